The maximum atomic E-state index is 13.0. The molecule has 1 amide bonds. The minimum atomic E-state index is -0.779. The standard InChI is InChI=1S/C19H21IN2O5/c1-2-25-17(23)14-15-19(27-18(24)21-15)8-11-12(20)13(16(19)26-11)22(14)9-10-6-4-3-5-7-10/h3-7,11-16H,2,8-9H2,1H3,(H,21,24)/t11?,12?,13?,14-,15+,16?,19?/m1/s1. The number of carbonyl (C=O) groups excluding carboxylic acids is 2. The Kier molecular flexibility index (Phi) is 4.14. The number of esters is 1. The van der Waals surface area contributed by atoms with E-state index >= 15 is 0 Å². The van der Waals surface area contributed by atoms with E-state index in [9.17, 15) is 9.59 Å². The molecule has 27 heavy (non-hydrogen) atoms. The summed E-state index contributed by atoms with van der Waals surface area (Å²) in [4.78, 5) is 27.3. The Morgan fingerprint density at radius 3 is 2.89 bits per heavy atom. The van der Waals surface area contributed by atoms with Gasteiger partial charge in [0.05, 0.1) is 22.7 Å². The summed E-state index contributed by atoms with van der Waals surface area (Å²) in [6, 6.07) is 8.96. The summed E-state index contributed by atoms with van der Waals surface area (Å²) < 4.78 is 17.6. The molecule has 5 rings (SSSR count). The van der Waals surface area contributed by atoms with E-state index in [0.29, 0.717) is 19.6 Å². The summed E-state index contributed by atoms with van der Waals surface area (Å²) in [7, 11) is 0. The van der Waals surface area contributed by atoms with Gasteiger partial charge in [0.1, 0.15) is 18.2 Å². The van der Waals surface area contributed by atoms with Crippen LogP contribution in [0.2, 0.25) is 0 Å². The van der Waals surface area contributed by atoms with Gasteiger partial charge in [-0.3, -0.25) is 9.69 Å². The molecule has 0 aliphatic carbocycles. The maximum absolute atomic E-state index is 13.0. The first-order chi connectivity index (χ1) is 13.0. The summed E-state index contributed by atoms with van der Waals surface area (Å²) in [6.45, 7) is 2.68. The molecule has 7 nitrogen and oxygen atoms in total. The fourth-order valence-corrected chi connectivity index (χ4v) is 6.44. The lowest BCUT2D eigenvalue weighted by atomic mass is 9.70. The smallest absolute Gasteiger partial charge is 0.408 e. The Balaban J connectivity index is 1.58. The molecular formula is C19H21IN2O5. The lowest BCUT2D eigenvalue weighted by Gasteiger charge is -2.53. The zero-order chi connectivity index (χ0) is 18.8. The summed E-state index contributed by atoms with van der Waals surface area (Å²) in [6.07, 6.45) is -0.0593. The number of nitrogens with one attached hydrogen (secondary N) is 1. The first-order valence-corrected chi connectivity index (χ1v) is 10.5. The number of likely N-dealkylation sites (tertiary alicyclic amines) is 1. The van der Waals surface area contributed by atoms with Gasteiger partial charge >= 0.3 is 12.1 Å². The third-order valence-electron chi connectivity index (χ3n) is 6.19. The first-order valence-electron chi connectivity index (χ1n) is 9.30. The summed E-state index contributed by atoms with van der Waals surface area (Å²) >= 11 is 2.42. The van der Waals surface area contributed by atoms with Crippen molar-refractivity contribution in [1.82, 2.24) is 10.2 Å². The number of alkyl carbamates (subject to hydrolysis) is 1. The van der Waals surface area contributed by atoms with Crippen LogP contribution in [0.5, 0.6) is 0 Å². The molecule has 144 valence electrons. The zero-order valence-electron chi connectivity index (χ0n) is 14.8. The van der Waals surface area contributed by atoms with Crippen molar-refractivity contribution in [1.29, 1.82) is 0 Å². The molecule has 4 fully saturated rings. The van der Waals surface area contributed by atoms with Crippen molar-refractivity contribution in [3.63, 3.8) is 0 Å². The quantitative estimate of drug-likeness (QED) is 0.398. The van der Waals surface area contributed by atoms with Crippen molar-refractivity contribution in [2.45, 2.75) is 59.7 Å². The molecule has 4 heterocycles. The van der Waals surface area contributed by atoms with Gasteiger partial charge in [0.2, 0.25) is 0 Å². The number of fused-ring (bicyclic) bond motifs is 1. The number of halogens is 1. The van der Waals surface area contributed by atoms with Gasteiger partial charge in [0.25, 0.3) is 0 Å². The average molecular weight is 484 g/mol. The van der Waals surface area contributed by atoms with E-state index in [4.69, 9.17) is 14.2 Å². The Morgan fingerprint density at radius 2 is 2.19 bits per heavy atom. The van der Waals surface area contributed by atoms with Crippen LogP contribution in [0.25, 0.3) is 0 Å². The lowest BCUT2D eigenvalue weighted by molar-refractivity contribution is -0.167. The second kappa shape index (κ2) is 6.31. The molecule has 1 aromatic carbocycles. The third-order valence-corrected chi connectivity index (χ3v) is 7.73. The molecule has 4 aliphatic rings. The van der Waals surface area contributed by atoms with Crippen LogP contribution >= 0.6 is 22.6 Å². The van der Waals surface area contributed by atoms with E-state index in [2.05, 4.69) is 32.8 Å². The van der Waals surface area contributed by atoms with Gasteiger partial charge in [0.15, 0.2) is 5.60 Å². The highest BCUT2D eigenvalue weighted by molar-refractivity contribution is 14.1. The van der Waals surface area contributed by atoms with Crippen molar-refractivity contribution in [2.75, 3.05) is 6.61 Å². The zero-order valence-corrected chi connectivity index (χ0v) is 17.0. The number of rotatable bonds is 4. The molecule has 0 aromatic heterocycles. The van der Waals surface area contributed by atoms with E-state index in [1.165, 1.54) is 0 Å². The highest BCUT2D eigenvalue weighted by Crippen LogP contribution is 2.56. The fourth-order valence-electron chi connectivity index (χ4n) is 5.22. The van der Waals surface area contributed by atoms with E-state index in [0.717, 1.165) is 5.56 Å². The predicted octanol–water partition coefficient (Wildman–Crippen LogP) is 1.62. The number of ether oxygens (including phenoxy) is 3. The molecule has 4 aliphatic heterocycles. The molecule has 2 bridgehead atoms. The van der Waals surface area contributed by atoms with Crippen LogP contribution in [-0.2, 0) is 25.5 Å². The SMILES string of the molecule is CCOC(=O)[C@H]1[C@@H]2NC(=O)OC23CC2OC3C(C2I)N1Cc1ccccc1. The van der Waals surface area contributed by atoms with Gasteiger partial charge in [-0.25, -0.2) is 4.79 Å². The largest absolute Gasteiger partial charge is 0.465 e. The van der Waals surface area contributed by atoms with Gasteiger partial charge in [-0.1, -0.05) is 52.9 Å². The summed E-state index contributed by atoms with van der Waals surface area (Å²) in [5, 5.41) is 2.89. The van der Waals surface area contributed by atoms with Gasteiger partial charge in [-0.15, -0.1) is 0 Å². The molecule has 0 radical (unpaired) electrons. The molecule has 5 unspecified atom stereocenters. The Bertz CT molecular complexity index is 777. The average Bonchev–Trinajstić information content (AvgIpc) is 3.27. The van der Waals surface area contributed by atoms with Crippen molar-refractivity contribution in [3.05, 3.63) is 35.9 Å². The van der Waals surface area contributed by atoms with Crippen LogP contribution in [0, 0.1) is 0 Å². The Morgan fingerprint density at radius 1 is 1.41 bits per heavy atom. The van der Waals surface area contributed by atoms with Crippen molar-refractivity contribution in [2.24, 2.45) is 0 Å². The molecule has 4 saturated heterocycles. The molecule has 0 saturated carbocycles. The molecule has 7 atom stereocenters. The van der Waals surface area contributed by atoms with Crippen LogP contribution in [0.4, 0.5) is 4.79 Å². The topological polar surface area (TPSA) is 77.1 Å². The van der Waals surface area contributed by atoms with E-state index in [-0.39, 0.29) is 28.1 Å². The van der Waals surface area contributed by atoms with Gasteiger partial charge < -0.3 is 19.5 Å². The van der Waals surface area contributed by atoms with Crippen molar-refractivity contribution >= 4 is 34.7 Å². The lowest BCUT2D eigenvalue weighted by Crippen LogP contribution is -2.75. The predicted molar refractivity (Wildman–Crippen MR) is 103 cm³/mol. The molecule has 1 spiro atoms. The number of hydrogen-bond donors (Lipinski definition) is 1. The molecular weight excluding hydrogens is 463 g/mol. The second-order valence-corrected chi connectivity index (χ2v) is 8.99. The normalized spacial score (nSPS) is 41.8. The van der Waals surface area contributed by atoms with Crippen LogP contribution < -0.4 is 5.32 Å². The molecule has 8 heteroatoms. The van der Waals surface area contributed by atoms with Crippen molar-refractivity contribution < 1.29 is 23.8 Å². The summed E-state index contributed by atoms with van der Waals surface area (Å²) in [5.41, 5.74) is 0.328. The van der Waals surface area contributed by atoms with E-state index in [1.54, 1.807) is 6.92 Å². The first kappa shape index (κ1) is 17.7. The number of nitrogens with zero attached hydrogens (tertiary/aromatic N) is 1. The van der Waals surface area contributed by atoms with Gasteiger partial charge in [-0.2, -0.15) is 0 Å². The van der Waals surface area contributed by atoms with Crippen LogP contribution in [-0.4, -0.2) is 63.4 Å². The minimum Gasteiger partial charge on any atom is -0.465 e. The number of benzene rings is 1. The minimum absolute atomic E-state index is 0.0112. The molecule has 1 N–H and O–H groups in total. The number of carbonyl (C=O) groups is 2. The van der Waals surface area contributed by atoms with E-state index < -0.39 is 23.8 Å². The maximum Gasteiger partial charge on any atom is 0.408 e. The van der Waals surface area contributed by atoms with E-state index in [1.807, 2.05) is 30.3 Å². The Hall–Kier alpha value is -1.39. The number of amides is 1. The number of piperidine rings is 1. The van der Waals surface area contributed by atoms with Gasteiger partial charge in [-0.05, 0) is 12.5 Å². The van der Waals surface area contributed by atoms with Crippen molar-refractivity contribution in [3.8, 4) is 0 Å². The number of hydrogen-bond acceptors (Lipinski definition) is 6. The van der Waals surface area contributed by atoms with Crippen LogP contribution in [0.3, 0.4) is 0 Å². The van der Waals surface area contributed by atoms with Crippen LogP contribution in [0.1, 0.15) is 18.9 Å². The Labute approximate surface area is 170 Å². The summed E-state index contributed by atoms with van der Waals surface area (Å²) in [5.74, 6) is -0.319. The van der Waals surface area contributed by atoms with Gasteiger partial charge in [0, 0.05) is 13.0 Å². The highest BCUT2D eigenvalue weighted by atomic mass is 127. The second-order valence-electron chi connectivity index (χ2n) is 7.56. The third kappa shape index (κ3) is 2.45. The van der Waals surface area contributed by atoms with Crippen LogP contribution in [0.15, 0.2) is 30.3 Å². The fraction of sp³-hybridized carbons (Fsp3) is 0.579. The number of alkyl halides is 1. The molecule has 1 aromatic rings. The highest BCUT2D eigenvalue weighted by Gasteiger charge is 2.76. The monoisotopic (exact) mass is 484 g/mol.